The van der Waals surface area contributed by atoms with E-state index in [4.69, 9.17) is 5.73 Å². The van der Waals surface area contributed by atoms with E-state index in [1.54, 1.807) is 0 Å². The molecule has 0 aliphatic heterocycles. The summed E-state index contributed by atoms with van der Waals surface area (Å²) < 4.78 is 0. The zero-order valence-electron chi connectivity index (χ0n) is 12.3. The first-order valence-corrected chi connectivity index (χ1v) is 7.34. The summed E-state index contributed by atoms with van der Waals surface area (Å²) >= 11 is 0. The van der Waals surface area contributed by atoms with Crippen LogP contribution >= 0.6 is 0 Å². The molecule has 17 heavy (non-hydrogen) atoms. The van der Waals surface area contributed by atoms with Gasteiger partial charge in [-0.05, 0) is 24.7 Å². The van der Waals surface area contributed by atoms with Gasteiger partial charge >= 0.3 is 0 Å². The van der Waals surface area contributed by atoms with Crippen LogP contribution in [0.3, 0.4) is 0 Å². The Morgan fingerprint density at radius 2 is 1.82 bits per heavy atom. The van der Waals surface area contributed by atoms with Crippen molar-refractivity contribution >= 4 is 0 Å². The molecule has 2 unspecified atom stereocenters. The normalized spacial score (nSPS) is 17.1. The van der Waals surface area contributed by atoms with E-state index in [1.807, 2.05) is 0 Å². The lowest BCUT2D eigenvalue weighted by atomic mass is 9.72. The molecule has 2 nitrogen and oxygen atoms in total. The van der Waals surface area contributed by atoms with Gasteiger partial charge in [-0.15, -0.1) is 0 Å². The average Bonchev–Trinajstić information content (AvgIpc) is 2.32. The van der Waals surface area contributed by atoms with Crippen LogP contribution in [0.2, 0.25) is 0 Å². The first kappa shape index (κ1) is 16.9. The Kier molecular flexibility index (Phi) is 8.89. The number of aliphatic hydroxyl groups is 1. The summed E-state index contributed by atoms with van der Waals surface area (Å²) in [7, 11) is 0. The molecule has 0 aromatic carbocycles. The molecule has 0 aliphatic rings. The quantitative estimate of drug-likeness (QED) is 0.616. The van der Waals surface area contributed by atoms with Gasteiger partial charge in [0.15, 0.2) is 0 Å². The van der Waals surface area contributed by atoms with Crippen molar-refractivity contribution in [3.8, 4) is 0 Å². The summed E-state index contributed by atoms with van der Waals surface area (Å²) in [5, 5.41) is 9.72. The van der Waals surface area contributed by atoms with Gasteiger partial charge in [0.2, 0.25) is 0 Å². The van der Waals surface area contributed by atoms with E-state index in [2.05, 4.69) is 27.7 Å². The molecule has 0 saturated heterocycles. The van der Waals surface area contributed by atoms with Crippen molar-refractivity contribution in [3.63, 3.8) is 0 Å². The largest absolute Gasteiger partial charge is 0.396 e. The molecule has 104 valence electrons. The molecular weight excluding hydrogens is 210 g/mol. The Morgan fingerprint density at radius 3 is 2.18 bits per heavy atom. The number of hydrogen-bond donors (Lipinski definition) is 2. The van der Waals surface area contributed by atoms with Crippen LogP contribution in [0, 0.1) is 17.3 Å². The number of rotatable bonds is 10. The van der Waals surface area contributed by atoms with E-state index in [-0.39, 0.29) is 12.0 Å². The van der Waals surface area contributed by atoms with E-state index in [0.29, 0.717) is 12.5 Å². The molecule has 0 aromatic rings. The van der Waals surface area contributed by atoms with Crippen LogP contribution in [-0.2, 0) is 0 Å². The topological polar surface area (TPSA) is 46.2 Å². The van der Waals surface area contributed by atoms with Gasteiger partial charge in [-0.1, -0.05) is 53.4 Å². The molecule has 0 radical (unpaired) electrons. The molecule has 0 heterocycles. The van der Waals surface area contributed by atoms with Crippen molar-refractivity contribution in [2.75, 3.05) is 13.2 Å². The zero-order valence-corrected chi connectivity index (χ0v) is 12.3. The van der Waals surface area contributed by atoms with Gasteiger partial charge in [-0.3, -0.25) is 0 Å². The summed E-state index contributed by atoms with van der Waals surface area (Å²) in [6, 6.07) is 0. The summed E-state index contributed by atoms with van der Waals surface area (Å²) in [4.78, 5) is 0. The van der Waals surface area contributed by atoms with Crippen LogP contribution in [0.5, 0.6) is 0 Å². The maximum absolute atomic E-state index is 9.72. The highest BCUT2D eigenvalue weighted by atomic mass is 16.3. The lowest BCUT2D eigenvalue weighted by Crippen LogP contribution is -2.37. The summed E-state index contributed by atoms with van der Waals surface area (Å²) in [5.74, 6) is 1.33. The van der Waals surface area contributed by atoms with Gasteiger partial charge in [0.25, 0.3) is 0 Å². The zero-order chi connectivity index (χ0) is 13.3. The highest BCUT2D eigenvalue weighted by molar-refractivity contribution is 4.83. The Morgan fingerprint density at radius 1 is 1.18 bits per heavy atom. The monoisotopic (exact) mass is 243 g/mol. The fourth-order valence-corrected chi connectivity index (χ4v) is 2.87. The minimum Gasteiger partial charge on any atom is -0.396 e. The lowest BCUT2D eigenvalue weighted by molar-refractivity contribution is 0.0773. The molecule has 0 amide bonds. The summed E-state index contributed by atoms with van der Waals surface area (Å²) in [6.45, 7) is 9.78. The smallest absolute Gasteiger partial charge is 0.0499 e. The fourth-order valence-electron chi connectivity index (χ4n) is 2.87. The van der Waals surface area contributed by atoms with Crippen molar-refractivity contribution in [2.24, 2.45) is 23.0 Å². The molecule has 2 heteroatoms. The van der Waals surface area contributed by atoms with Crippen LogP contribution in [0.1, 0.15) is 66.2 Å². The molecule has 0 rings (SSSR count). The SMILES string of the molecule is CCCCC(CC)CC(CN)(CO)CC(C)C. The summed E-state index contributed by atoms with van der Waals surface area (Å²) in [6.07, 6.45) is 7.19. The second kappa shape index (κ2) is 8.93. The third-order valence-electron chi connectivity index (χ3n) is 3.87. The lowest BCUT2D eigenvalue weighted by Gasteiger charge is -2.35. The van der Waals surface area contributed by atoms with Crippen LogP contribution in [-0.4, -0.2) is 18.3 Å². The fraction of sp³-hybridized carbons (Fsp3) is 1.00. The van der Waals surface area contributed by atoms with Gasteiger partial charge in [-0.2, -0.15) is 0 Å². The third-order valence-corrected chi connectivity index (χ3v) is 3.87. The predicted molar refractivity (Wildman–Crippen MR) is 76.0 cm³/mol. The van der Waals surface area contributed by atoms with Gasteiger partial charge < -0.3 is 10.8 Å². The highest BCUT2D eigenvalue weighted by Gasteiger charge is 2.31. The molecule has 0 aliphatic carbocycles. The van der Waals surface area contributed by atoms with E-state index in [1.165, 1.54) is 25.7 Å². The minimum absolute atomic E-state index is 0.0391. The van der Waals surface area contributed by atoms with Crippen molar-refractivity contribution in [2.45, 2.75) is 66.2 Å². The third kappa shape index (κ3) is 6.42. The molecule has 2 atom stereocenters. The van der Waals surface area contributed by atoms with Crippen LogP contribution in [0.15, 0.2) is 0 Å². The molecule has 0 spiro atoms. The van der Waals surface area contributed by atoms with Crippen molar-refractivity contribution in [1.82, 2.24) is 0 Å². The molecule has 0 saturated carbocycles. The van der Waals surface area contributed by atoms with E-state index in [9.17, 15) is 5.11 Å². The Bertz CT molecular complexity index is 176. The Hall–Kier alpha value is -0.0800. The molecular formula is C15H33NO. The van der Waals surface area contributed by atoms with Crippen LogP contribution in [0.4, 0.5) is 0 Å². The van der Waals surface area contributed by atoms with E-state index < -0.39 is 0 Å². The molecule has 0 bridgehead atoms. The second-order valence-electron chi connectivity index (χ2n) is 6.08. The molecule has 0 fully saturated rings. The maximum Gasteiger partial charge on any atom is 0.0499 e. The van der Waals surface area contributed by atoms with Crippen LogP contribution < -0.4 is 5.73 Å². The maximum atomic E-state index is 9.72. The van der Waals surface area contributed by atoms with Crippen molar-refractivity contribution < 1.29 is 5.11 Å². The average molecular weight is 243 g/mol. The van der Waals surface area contributed by atoms with Gasteiger partial charge in [0.05, 0.1) is 0 Å². The Labute approximate surface area is 108 Å². The number of hydrogen-bond acceptors (Lipinski definition) is 2. The van der Waals surface area contributed by atoms with Crippen molar-refractivity contribution in [1.29, 1.82) is 0 Å². The molecule has 0 aromatic heterocycles. The minimum atomic E-state index is -0.0391. The van der Waals surface area contributed by atoms with Crippen molar-refractivity contribution in [3.05, 3.63) is 0 Å². The highest BCUT2D eigenvalue weighted by Crippen LogP contribution is 2.35. The predicted octanol–water partition coefficient (Wildman–Crippen LogP) is 3.58. The first-order valence-electron chi connectivity index (χ1n) is 7.34. The van der Waals surface area contributed by atoms with Gasteiger partial charge in [-0.25, -0.2) is 0 Å². The van der Waals surface area contributed by atoms with E-state index in [0.717, 1.165) is 18.8 Å². The summed E-state index contributed by atoms with van der Waals surface area (Å²) in [5.41, 5.74) is 5.90. The van der Waals surface area contributed by atoms with E-state index >= 15 is 0 Å². The number of nitrogens with two attached hydrogens (primary N) is 1. The van der Waals surface area contributed by atoms with Crippen LogP contribution in [0.25, 0.3) is 0 Å². The number of aliphatic hydroxyl groups excluding tert-OH is 1. The van der Waals surface area contributed by atoms with Gasteiger partial charge in [0.1, 0.15) is 0 Å². The van der Waals surface area contributed by atoms with Gasteiger partial charge in [0, 0.05) is 18.6 Å². The standard InChI is InChI=1S/C15H33NO/c1-5-7-8-14(6-2)10-15(11-16,12-17)9-13(3)4/h13-14,17H,5-12,16H2,1-4H3. The second-order valence-corrected chi connectivity index (χ2v) is 6.08. The Balaban J connectivity index is 4.47. The molecule has 3 N–H and O–H groups in total. The first-order chi connectivity index (χ1) is 8.03. The number of unbranched alkanes of at least 4 members (excludes halogenated alkanes) is 1.